The maximum absolute atomic E-state index is 6.18. The van der Waals surface area contributed by atoms with Gasteiger partial charge in [-0.2, -0.15) is 0 Å². The Morgan fingerprint density at radius 1 is 1.18 bits per heavy atom. The second-order valence-electron chi connectivity index (χ2n) is 5.94. The van der Waals surface area contributed by atoms with Gasteiger partial charge in [0.25, 0.3) is 0 Å². The molecule has 2 rings (SSSR count). The number of rotatable bonds is 4. The Morgan fingerprint density at radius 2 is 1.82 bits per heavy atom. The predicted molar refractivity (Wildman–Crippen MR) is 73.7 cm³/mol. The third kappa shape index (κ3) is 3.93. The third-order valence-corrected chi connectivity index (χ3v) is 5.61. The minimum Gasteiger partial charge on any atom is -0.381 e. The molecule has 0 amide bonds. The molecular formula is C14H25BrO2. The Bertz CT molecular complexity index is 218. The number of alkyl halides is 1. The number of halogens is 1. The first-order valence-electron chi connectivity index (χ1n) is 6.99. The van der Waals surface area contributed by atoms with Crippen LogP contribution >= 0.6 is 15.9 Å². The van der Waals surface area contributed by atoms with Crippen LogP contribution in [0.15, 0.2) is 0 Å². The van der Waals surface area contributed by atoms with Gasteiger partial charge in [-0.3, -0.25) is 0 Å². The molecule has 2 aliphatic rings. The van der Waals surface area contributed by atoms with E-state index < -0.39 is 0 Å². The highest BCUT2D eigenvalue weighted by Crippen LogP contribution is 2.34. The first kappa shape index (κ1) is 13.8. The monoisotopic (exact) mass is 304 g/mol. The van der Waals surface area contributed by atoms with Gasteiger partial charge in [-0.05, 0) is 44.4 Å². The SMILES string of the molecule is CC1CCC(OCC2(CBr)CCOCC2)CC1. The van der Waals surface area contributed by atoms with Crippen LogP contribution in [0.4, 0.5) is 0 Å². The molecule has 17 heavy (non-hydrogen) atoms. The van der Waals surface area contributed by atoms with Gasteiger partial charge in [-0.25, -0.2) is 0 Å². The van der Waals surface area contributed by atoms with Gasteiger partial charge in [-0.15, -0.1) is 0 Å². The molecule has 0 aromatic heterocycles. The number of ether oxygens (including phenoxy) is 2. The summed E-state index contributed by atoms with van der Waals surface area (Å²) >= 11 is 3.67. The summed E-state index contributed by atoms with van der Waals surface area (Å²) < 4.78 is 11.6. The zero-order chi connectivity index (χ0) is 12.1. The van der Waals surface area contributed by atoms with Crippen LogP contribution < -0.4 is 0 Å². The smallest absolute Gasteiger partial charge is 0.0575 e. The Hall–Kier alpha value is 0.400. The molecule has 1 saturated carbocycles. The lowest BCUT2D eigenvalue weighted by molar-refractivity contribution is -0.0629. The average Bonchev–Trinajstić information content (AvgIpc) is 2.39. The van der Waals surface area contributed by atoms with Crippen molar-refractivity contribution in [2.45, 2.75) is 51.6 Å². The van der Waals surface area contributed by atoms with E-state index in [-0.39, 0.29) is 0 Å². The standard InChI is InChI=1S/C14H25BrO2/c1-12-2-4-13(5-3-12)17-11-14(10-15)6-8-16-9-7-14/h12-13H,2-11H2,1H3. The van der Waals surface area contributed by atoms with E-state index in [2.05, 4.69) is 22.9 Å². The molecule has 1 heterocycles. The second kappa shape index (κ2) is 6.53. The fraction of sp³-hybridized carbons (Fsp3) is 1.00. The van der Waals surface area contributed by atoms with Crippen molar-refractivity contribution in [2.75, 3.05) is 25.2 Å². The van der Waals surface area contributed by atoms with Gasteiger partial charge < -0.3 is 9.47 Å². The van der Waals surface area contributed by atoms with E-state index in [0.717, 1.165) is 43.9 Å². The average molecular weight is 305 g/mol. The van der Waals surface area contributed by atoms with Crippen LogP contribution in [0, 0.1) is 11.3 Å². The van der Waals surface area contributed by atoms with Crippen LogP contribution in [-0.2, 0) is 9.47 Å². The second-order valence-corrected chi connectivity index (χ2v) is 6.50. The van der Waals surface area contributed by atoms with Crippen molar-refractivity contribution in [3.05, 3.63) is 0 Å². The fourth-order valence-corrected chi connectivity index (χ4v) is 3.53. The van der Waals surface area contributed by atoms with Crippen LogP contribution in [0.2, 0.25) is 0 Å². The van der Waals surface area contributed by atoms with E-state index in [1.165, 1.54) is 25.7 Å². The van der Waals surface area contributed by atoms with Gasteiger partial charge in [0.1, 0.15) is 0 Å². The van der Waals surface area contributed by atoms with Crippen molar-refractivity contribution < 1.29 is 9.47 Å². The molecule has 2 fully saturated rings. The third-order valence-electron chi connectivity index (χ3n) is 4.43. The summed E-state index contributed by atoms with van der Waals surface area (Å²) in [6.45, 7) is 5.07. The summed E-state index contributed by atoms with van der Waals surface area (Å²) in [5.74, 6) is 0.906. The molecule has 0 unspecified atom stereocenters. The molecule has 3 heteroatoms. The predicted octanol–water partition coefficient (Wildman–Crippen LogP) is 3.77. The molecule has 0 aromatic carbocycles. The Balaban J connectivity index is 1.75. The largest absolute Gasteiger partial charge is 0.381 e. The van der Waals surface area contributed by atoms with Crippen molar-refractivity contribution in [2.24, 2.45) is 11.3 Å². The van der Waals surface area contributed by atoms with Crippen LogP contribution in [0.25, 0.3) is 0 Å². The van der Waals surface area contributed by atoms with Gasteiger partial charge in [0.05, 0.1) is 12.7 Å². The summed E-state index contributed by atoms with van der Waals surface area (Å²) in [5, 5.41) is 1.05. The highest BCUT2D eigenvalue weighted by atomic mass is 79.9. The quantitative estimate of drug-likeness (QED) is 0.736. The highest BCUT2D eigenvalue weighted by molar-refractivity contribution is 9.09. The zero-order valence-corrected chi connectivity index (χ0v) is 12.5. The molecule has 0 radical (unpaired) electrons. The Kier molecular flexibility index (Phi) is 5.31. The summed E-state index contributed by atoms with van der Waals surface area (Å²) in [7, 11) is 0. The van der Waals surface area contributed by atoms with Crippen molar-refractivity contribution in [3.63, 3.8) is 0 Å². The lowest BCUT2D eigenvalue weighted by Crippen LogP contribution is -2.37. The zero-order valence-electron chi connectivity index (χ0n) is 10.9. The van der Waals surface area contributed by atoms with Crippen LogP contribution in [0.3, 0.4) is 0 Å². The highest BCUT2D eigenvalue weighted by Gasteiger charge is 2.33. The van der Waals surface area contributed by atoms with E-state index in [9.17, 15) is 0 Å². The molecule has 0 spiro atoms. The lowest BCUT2D eigenvalue weighted by Gasteiger charge is -2.37. The summed E-state index contributed by atoms with van der Waals surface area (Å²) in [6.07, 6.45) is 8.00. The minimum absolute atomic E-state index is 0.335. The minimum atomic E-state index is 0.335. The van der Waals surface area contributed by atoms with E-state index in [1.807, 2.05) is 0 Å². The Morgan fingerprint density at radius 3 is 2.41 bits per heavy atom. The first-order chi connectivity index (χ1) is 8.24. The molecular weight excluding hydrogens is 280 g/mol. The van der Waals surface area contributed by atoms with E-state index in [0.29, 0.717) is 11.5 Å². The van der Waals surface area contributed by atoms with Gasteiger partial charge in [0.15, 0.2) is 0 Å². The molecule has 100 valence electrons. The summed E-state index contributed by atoms with van der Waals surface area (Å²) in [5.41, 5.74) is 0.335. The maximum Gasteiger partial charge on any atom is 0.0575 e. The molecule has 1 aliphatic heterocycles. The molecule has 2 nitrogen and oxygen atoms in total. The van der Waals surface area contributed by atoms with E-state index in [1.54, 1.807) is 0 Å². The van der Waals surface area contributed by atoms with E-state index >= 15 is 0 Å². The maximum atomic E-state index is 6.18. The normalized spacial score (nSPS) is 33.5. The number of hydrogen-bond donors (Lipinski definition) is 0. The van der Waals surface area contributed by atoms with Gasteiger partial charge in [0.2, 0.25) is 0 Å². The van der Waals surface area contributed by atoms with Crippen molar-refractivity contribution in [1.82, 2.24) is 0 Å². The van der Waals surface area contributed by atoms with Gasteiger partial charge >= 0.3 is 0 Å². The van der Waals surface area contributed by atoms with Crippen LogP contribution in [0.1, 0.15) is 45.4 Å². The van der Waals surface area contributed by atoms with Crippen molar-refractivity contribution in [3.8, 4) is 0 Å². The molecule has 1 aliphatic carbocycles. The van der Waals surface area contributed by atoms with Crippen LogP contribution in [0.5, 0.6) is 0 Å². The van der Waals surface area contributed by atoms with Gasteiger partial charge in [0, 0.05) is 24.0 Å². The van der Waals surface area contributed by atoms with Gasteiger partial charge in [-0.1, -0.05) is 22.9 Å². The molecule has 0 bridgehead atoms. The molecule has 0 aromatic rings. The lowest BCUT2D eigenvalue weighted by atomic mass is 9.83. The fourth-order valence-electron chi connectivity index (χ4n) is 2.81. The van der Waals surface area contributed by atoms with Crippen molar-refractivity contribution in [1.29, 1.82) is 0 Å². The molecule has 0 atom stereocenters. The number of hydrogen-bond acceptors (Lipinski definition) is 2. The molecule has 1 saturated heterocycles. The van der Waals surface area contributed by atoms with Crippen LogP contribution in [-0.4, -0.2) is 31.3 Å². The first-order valence-corrected chi connectivity index (χ1v) is 8.12. The van der Waals surface area contributed by atoms with E-state index in [4.69, 9.17) is 9.47 Å². The summed E-state index contributed by atoms with van der Waals surface area (Å²) in [4.78, 5) is 0. The van der Waals surface area contributed by atoms with Crippen molar-refractivity contribution >= 4 is 15.9 Å². The topological polar surface area (TPSA) is 18.5 Å². The summed E-state index contributed by atoms with van der Waals surface area (Å²) in [6, 6.07) is 0. The Labute approximate surface area is 114 Å². The molecule has 0 N–H and O–H groups in total.